The van der Waals surface area contributed by atoms with Crippen molar-refractivity contribution in [3.63, 3.8) is 0 Å². The maximum absolute atomic E-state index is 12.1. The van der Waals surface area contributed by atoms with Crippen molar-refractivity contribution >= 4 is 25.0 Å². The van der Waals surface area contributed by atoms with E-state index in [0.717, 1.165) is 47.5 Å². The second-order valence-electron chi connectivity index (χ2n) is 7.24. The first-order valence-corrected chi connectivity index (χ1v) is 11.3. The number of allylic oxidation sites excluding steroid dienone is 3. The normalized spacial score (nSPS) is 16.7. The van der Waals surface area contributed by atoms with E-state index in [9.17, 15) is 4.79 Å². The molecule has 1 amide bonds. The maximum Gasteiger partial charge on any atom is 0.466 e. The molecule has 0 saturated heterocycles. The lowest BCUT2D eigenvalue weighted by Crippen LogP contribution is -2.21. The second kappa shape index (κ2) is 10.6. The average Bonchev–Trinajstić information content (AvgIpc) is 2.84. The quantitative estimate of drug-likeness (QED) is 0.400. The fourth-order valence-corrected chi connectivity index (χ4v) is 3.09. The number of anilines is 1. The highest BCUT2D eigenvalue weighted by Gasteiger charge is 2.28. The molecule has 0 aromatic heterocycles. The average molecular weight is 436 g/mol. The zero-order chi connectivity index (χ0) is 22.3. The molecule has 1 atom stereocenters. The minimum atomic E-state index is -4.64. The van der Waals surface area contributed by atoms with Gasteiger partial charge in [0.1, 0.15) is 11.9 Å². The van der Waals surface area contributed by atoms with Gasteiger partial charge in [0.2, 0.25) is 5.91 Å². The Kier molecular flexibility index (Phi) is 8.43. The SMILES string of the molecule is CCCCCC(=O)NC1=CC=CC2Oc3ccc(N(C)C)cc3C2=C1.O=P(O)(O)O. The van der Waals surface area contributed by atoms with Gasteiger partial charge in [0.15, 0.2) is 0 Å². The summed E-state index contributed by atoms with van der Waals surface area (Å²) in [7, 11) is -0.587. The van der Waals surface area contributed by atoms with Gasteiger partial charge in [-0.3, -0.25) is 4.79 Å². The molecule has 0 saturated carbocycles. The van der Waals surface area contributed by atoms with Gasteiger partial charge in [0.25, 0.3) is 0 Å². The summed E-state index contributed by atoms with van der Waals surface area (Å²) >= 11 is 0. The van der Waals surface area contributed by atoms with Crippen molar-refractivity contribution in [2.24, 2.45) is 0 Å². The van der Waals surface area contributed by atoms with Crippen molar-refractivity contribution < 1.29 is 28.8 Å². The number of fused-ring (bicyclic) bond motifs is 3. The standard InChI is InChI=1S/C21H26N2O2.H3O4P/c1-4-5-6-10-21(24)22-15-8-7-9-19-17(13-15)18-14-16(23(2)3)11-12-20(18)25-19;1-5(2,3)4/h7-9,11-14,19H,4-6,10H2,1-3H3,(H,22,24);(H3,1,2,3,4). The van der Waals surface area contributed by atoms with E-state index in [-0.39, 0.29) is 12.0 Å². The Bertz CT molecular complexity index is 892. The molecule has 0 radical (unpaired) electrons. The summed E-state index contributed by atoms with van der Waals surface area (Å²) in [6, 6.07) is 6.21. The minimum Gasteiger partial charge on any atom is -0.481 e. The fraction of sp³-hybridized carbons (Fsp3) is 0.381. The number of carbonyl (C=O) groups is 1. The van der Waals surface area contributed by atoms with Gasteiger partial charge in [-0.15, -0.1) is 0 Å². The van der Waals surface area contributed by atoms with Crippen LogP contribution in [0.2, 0.25) is 0 Å². The number of amides is 1. The predicted molar refractivity (Wildman–Crippen MR) is 117 cm³/mol. The van der Waals surface area contributed by atoms with Crippen molar-refractivity contribution in [3.05, 3.63) is 53.8 Å². The topological polar surface area (TPSA) is 119 Å². The molecule has 1 unspecified atom stereocenters. The summed E-state index contributed by atoms with van der Waals surface area (Å²) in [5.74, 6) is 0.964. The van der Waals surface area contributed by atoms with Gasteiger partial charge in [-0.1, -0.05) is 25.8 Å². The zero-order valence-corrected chi connectivity index (χ0v) is 18.3. The van der Waals surface area contributed by atoms with Gasteiger partial charge < -0.3 is 29.6 Å². The van der Waals surface area contributed by atoms with Crippen LogP contribution in [0.25, 0.3) is 5.57 Å². The van der Waals surface area contributed by atoms with Crippen LogP contribution in [0.5, 0.6) is 5.75 Å². The summed E-state index contributed by atoms with van der Waals surface area (Å²) in [4.78, 5) is 35.8. The first kappa shape index (κ1) is 23.9. The van der Waals surface area contributed by atoms with Crippen molar-refractivity contribution in [1.82, 2.24) is 5.32 Å². The Labute approximate surface area is 176 Å². The highest BCUT2D eigenvalue weighted by molar-refractivity contribution is 7.45. The van der Waals surface area contributed by atoms with Gasteiger partial charge in [-0.2, -0.15) is 0 Å². The molecule has 1 heterocycles. The van der Waals surface area contributed by atoms with Crippen LogP contribution in [0.15, 0.2) is 48.2 Å². The number of hydrogen-bond acceptors (Lipinski definition) is 4. The summed E-state index contributed by atoms with van der Waals surface area (Å²) in [6.45, 7) is 2.14. The molecule has 3 rings (SSSR count). The molecule has 0 bridgehead atoms. The van der Waals surface area contributed by atoms with E-state index in [2.05, 4.69) is 29.3 Å². The number of hydrogen-bond donors (Lipinski definition) is 4. The van der Waals surface area contributed by atoms with Gasteiger partial charge in [0, 0.05) is 43.0 Å². The van der Waals surface area contributed by atoms with Gasteiger partial charge in [-0.05, 0) is 42.8 Å². The lowest BCUT2D eigenvalue weighted by molar-refractivity contribution is -0.120. The maximum atomic E-state index is 12.1. The lowest BCUT2D eigenvalue weighted by atomic mass is 10.0. The molecule has 0 spiro atoms. The van der Waals surface area contributed by atoms with Crippen LogP contribution in [-0.4, -0.2) is 40.8 Å². The zero-order valence-electron chi connectivity index (χ0n) is 17.4. The largest absolute Gasteiger partial charge is 0.481 e. The highest BCUT2D eigenvalue weighted by atomic mass is 31.2. The molecule has 1 aromatic rings. The van der Waals surface area contributed by atoms with Crippen molar-refractivity contribution in [2.45, 2.75) is 38.7 Å². The number of phosphoric acid groups is 1. The Balaban J connectivity index is 0.000000575. The van der Waals surface area contributed by atoms with Crippen LogP contribution in [0.1, 0.15) is 38.2 Å². The smallest absolute Gasteiger partial charge is 0.466 e. The molecule has 1 aromatic carbocycles. The number of nitrogens with zero attached hydrogens (tertiary/aromatic N) is 1. The molecule has 0 fully saturated rings. The summed E-state index contributed by atoms with van der Waals surface area (Å²) < 4.78 is 14.9. The third-order valence-corrected chi connectivity index (χ3v) is 4.51. The monoisotopic (exact) mass is 436 g/mol. The van der Waals surface area contributed by atoms with Crippen LogP contribution < -0.4 is 15.0 Å². The summed E-state index contributed by atoms with van der Waals surface area (Å²) in [5, 5.41) is 3.03. The molecule has 1 aliphatic carbocycles. The predicted octanol–water partition coefficient (Wildman–Crippen LogP) is 3.12. The summed E-state index contributed by atoms with van der Waals surface area (Å²) in [6.07, 6.45) is 11.6. The molecule has 1 aliphatic heterocycles. The minimum absolute atomic E-state index is 0.0737. The van der Waals surface area contributed by atoms with E-state index in [4.69, 9.17) is 24.0 Å². The highest BCUT2D eigenvalue weighted by Crippen LogP contribution is 2.41. The summed E-state index contributed by atoms with van der Waals surface area (Å²) in [5.41, 5.74) is 4.13. The van der Waals surface area contributed by atoms with E-state index in [0.29, 0.717) is 6.42 Å². The Morgan fingerprint density at radius 3 is 2.57 bits per heavy atom. The second-order valence-corrected chi connectivity index (χ2v) is 8.27. The van der Waals surface area contributed by atoms with Crippen molar-refractivity contribution in [3.8, 4) is 5.75 Å². The number of ether oxygens (including phenoxy) is 1. The molecule has 30 heavy (non-hydrogen) atoms. The molecule has 9 heteroatoms. The Hall–Kier alpha value is -2.38. The first-order valence-electron chi connectivity index (χ1n) is 9.75. The molecule has 8 nitrogen and oxygen atoms in total. The van der Waals surface area contributed by atoms with E-state index >= 15 is 0 Å². The fourth-order valence-electron chi connectivity index (χ4n) is 3.09. The van der Waals surface area contributed by atoms with Crippen LogP contribution in [0.3, 0.4) is 0 Å². The Morgan fingerprint density at radius 2 is 1.93 bits per heavy atom. The van der Waals surface area contributed by atoms with E-state index in [1.54, 1.807) is 0 Å². The van der Waals surface area contributed by atoms with Crippen molar-refractivity contribution in [1.29, 1.82) is 0 Å². The van der Waals surface area contributed by atoms with Crippen LogP contribution in [-0.2, 0) is 9.36 Å². The van der Waals surface area contributed by atoms with E-state index in [1.807, 2.05) is 44.5 Å². The third kappa shape index (κ3) is 7.46. The third-order valence-electron chi connectivity index (χ3n) is 4.51. The number of carbonyl (C=O) groups excluding carboxylic acids is 1. The van der Waals surface area contributed by atoms with Gasteiger partial charge >= 0.3 is 7.82 Å². The van der Waals surface area contributed by atoms with Crippen LogP contribution in [0.4, 0.5) is 5.69 Å². The van der Waals surface area contributed by atoms with Gasteiger partial charge in [0.05, 0.1) is 0 Å². The number of rotatable bonds is 6. The Morgan fingerprint density at radius 1 is 1.23 bits per heavy atom. The molecule has 2 aliphatic rings. The van der Waals surface area contributed by atoms with Crippen molar-refractivity contribution in [2.75, 3.05) is 19.0 Å². The molecule has 4 N–H and O–H groups in total. The number of nitrogens with one attached hydrogen (secondary N) is 1. The first-order chi connectivity index (χ1) is 14.1. The molecule has 164 valence electrons. The van der Waals surface area contributed by atoms with Gasteiger partial charge in [-0.25, -0.2) is 4.57 Å². The number of benzene rings is 1. The van der Waals surface area contributed by atoms with E-state index < -0.39 is 7.82 Å². The molecular weight excluding hydrogens is 407 g/mol. The lowest BCUT2D eigenvalue weighted by Gasteiger charge is -2.13. The van der Waals surface area contributed by atoms with E-state index in [1.165, 1.54) is 0 Å². The van der Waals surface area contributed by atoms with Crippen LogP contribution in [0, 0.1) is 0 Å². The molecular formula is C21H29N2O6P. The number of unbranched alkanes of at least 4 members (excludes halogenated alkanes) is 2. The van der Waals surface area contributed by atoms with Crippen LogP contribution >= 0.6 is 7.82 Å².